The fourth-order valence-corrected chi connectivity index (χ4v) is 2.14. The first-order chi connectivity index (χ1) is 9.72. The molecule has 1 aromatic carbocycles. The molecule has 0 saturated heterocycles. The molecular weight excluding hydrogens is 270 g/mol. The second-order valence-electron chi connectivity index (χ2n) is 4.43. The lowest BCUT2D eigenvalue weighted by Gasteiger charge is -2.05. The summed E-state index contributed by atoms with van der Waals surface area (Å²) in [6.07, 6.45) is 0. The molecule has 0 aliphatic carbocycles. The standard InChI is InChI=1S/C16H12ClN3/c1-11-6-5-9-13(18-11)16-19-14(10-15(17)20-16)12-7-3-2-4-8-12/h2-10H,1H3. The minimum atomic E-state index is 0.414. The zero-order valence-corrected chi connectivity index (χ0v) is 11.7. The van der Waals surface area contributed by atoms with Gasteiger partial charge in [-0.2, -0.15) is 0 Å². The zero-order chi connectivity index (χ0) is 13.9. The first kappa shape index (κ1) is 12.8. The molecule has 0 radical (unpaired) electrons. The number of benzene rings is 1. The second kappa shape index (κ2) is 5.39. The number of halogens is 1. The van der Waals surface area contributed by atoms with Gasteiger partial charge in [-0.15, -0.1) is 0 Å². The van der Waals surface area contributed by atoms with Crippen molar-refractivity contribution in [1.29, 1.82) is 0 Å². The Morgan fingerprint density at radius 2 is 1.60 bits per heavy atom. The third-order valence-corrected chi connectivity index (χ3v) is 3.08. The Hall–Kier alpha value is -2.26. The van der Waals surface area contributed by atoms with E-state index >= 15 is 0 Å². The maximum Gasteiger partial charge on any atom is 0.180 e. The highest BCUT2D eigenvalue weighted by Gasteiger charge is 2.08. The Morgan fingerprint density at radius 3 is 2.35 bits per heavy atom. The lowest BCUT2D eigenvalue weighted by atomic mass is 10.1. The van der Waals surface area contributed by atoms with Crippen LogP contribution in [-0.2, 0) is 0 Å². The summed E-state index contributed by atoms with van der Waals surface area (Å²) in [4.78, 5) is 13.3. The molecule has 4 heteroatoms. The maximum atomic E-state index is 6.11. The topological polar surface area (TPSA) is 38.7 Å². The number of aromatic nitrogens is 3. The van der Waals surface area contributed by atoms with E-state index in [4.69, 9.17) is 11.6 Å². The molecule has 3 aromatic rings. The Bertz CT molecular complexity index is 742. The molecule has 3 rings (SSSR count). The zero-order valence-electron chi connectivity index (χ0n) is 10.9. The molecule has 0 saturated carbocycles. The van der Waals surface area contributed by atoms with Crippen molar-refractivity contribution in [2.75, 3.05) is 0 Å². The molecule has 0 N–H and O–H groups in total. The van der Waals surface area contributed by atoms with Crippen molar-refractivity contribution in [1.82, 2.24) is 15.0 Å². The van der Waals surface area contributed by atoms with E-state index in [9.17, 15) is 0 Å². The molecule has 0 atom stereocenters. The van der Waals surface area contributed by atoms with Gasteiger partial charge in [-0.1, -0.05) is 48.0 Å². The molecule has 20 heavy (non-hydrogen) atoms. The van der Waals surface area contributed by atoms with Crippen LogP contribution in [-0.4, -0.2) is 15.0 Å². The third kappa shape index (κ3) is 2.68. The van der Waals surface area contributed by atoms with Gasteiger partial charge in [-0.25, -0.2) is 15.0 Å². The van der Waals surface area contributed by atoms with Crippen molar-refractivity contribution in [3.63, 3.8) is 0 Å². The Balaban J connectivity index is 2.12. The fourth-order valence-electron chi connectivity index (χ4n) is 1.96. The Labute approximate surface area is 122 Å². The highest BCUT2D eigenvalue weighted by atomic mass is 35.5. The lowest BCUT2D eigenvalue weighted by Crippen LogP contribution is -1.95. The molecule has 98 valence electrons. The molecule has 2 aromatic heterocycles. The maximum absolute atomic E-state index is 6.11. The monoisotopic (exact) mass is 281 g/mol. The van der Waals surface area contributed by atoms with Gasteiger partial charge in [-0.3, -0.25) is 0 Å². The second-order valence-corrected chi connectivity index (χ2v) is 4.82. The van der Waals surface area contributed by atoms with Gasteiger partial charge >= 0.3 is 0 Å². The van der Waals surface area contributed by atoms with Crippen LogP contribution in [0, 0.1) is 6.92 Å². The van der Waals surface area contributed by atoms with E-state index in [-0.39, 0.29) is 0 Å². The molecule has 0 fully saturated rings. The molecule has 3 nitrogen and oxygen atoms in total. The van der Waals surface area contributed by atoms with Crippen LogP contribution in [0.3, 0.4) is 0 Å². The Morgan fingerprint density at radius 1 is 0.800 bits per heavy atom. The van der Waals surface area contributed by atoms with E-state index in [1.807, 2.05) is 55.5 Å². The predicted octanol–water partition coefficient (Wildman–Crippen LogP) is 4.17. The first-order valence-corrected chi connectivity index (χ1v) is 6.64. The molecular formula is C16H12ClN3. The first-order valence-electron chi connectivity index (χ1n) is 6.26. The molecule has 0 aliphatic rings. The van der Waals surface area contributed by atoms with Crippen molar-refractivity contribution < 1.29 is 0 Å². The van der Waals surface area contributed by atoms with Gasteiger partial charge < -0.3 is 0 Å². The number of aryl methyl sites for hydroxylation is 1. The predicted molar refractivity (Wildman–Crippen MR) is 80.4 cm³/mol. The SMILES string of the molecule is Cc1cccc(-c2nc(Cl)cc(-c3ccccc3)n2)n1. The van der Waals surface area contributed by atoms with E-state index < -0.39 is 0 Å². The van der Waals surface area contributed by atoms with Crippen LogP contribution in [0.4, 0.5) is 0 Å². The Kier molecular flexibility index (Phi) is 3.44. The molecule has 0 aliphatic heterocycles. The van der Waals surface area contributed by atoms with E-state index in [1.54, 1.807) is 6.07 Å². The highest BCUT2D eigenvalue weighted by Crippen LogP contribution is 2.23. The van der Waals surface area contributed by atoms with Crippen LogP contribution in [0.5, 0.6) is 0 Å². The summed E-state index contributed by atoms with van der Waals surface area (Å²) in [6, 6.07) is 17.4. The summed E-state index contributed by atoms with van der Waals surface area (Å²) in [5, 5.41) is 0.414. The van der Waals surface area contributed by atoms with Crippen LogP contribution < -0.4 is 0 Å². The van der Waals surface area contributed by atoms with Crippen LogP contribution in [0.25, 0.3) is 22.8 Å². The number of hydrogen-bond acceptors (Lipinski definition) is 3. The van der Waals surface area contributed by atoms with E-state index in [2.05, 4.69) is 15.0 Å². The molecule has 0 bridgehead atoms. The average Bonchev–Trinajstić information content (AvgIpc) is 2.47. The summed E-state index contributed by atoms with van der Waals surface area (Å²) in [7, 11) is 0. The van der Waals surface area contributed by atoms with Gasteiger partial charge in [0.2, 0.25) is 0 Å². The molecule has 0 amide bonds. The van der Waals surface area contributed by atoms with Crippen LogP contribution in [0.15, 0.2) is 54.6 Å². The van der Waals surface area contributed by atoms with Crippen molar-refractivity contribution >= 4 is 11.6 Å². The minimum absolute atomic E-state index is 0.414. The van der Waals surface area contributed by atoms with Gasteiger partial charge in [0, 0.05) is 17.3 Å². The van der Waals surface area contributed by atoms with Gasteiger partial charge in [0.1, 0.15) is 10.8 Å². The average molecular weight is 282 g/mol. The van der Waals surface area contributed by atoms with Gasteiger partial charge in [0.25, 0.3) is 0 Å². The van der Waals surface area contributed by atoms with E-state index in [1.165, 1.54) is 0 Å². The summed E-state index contributed by atoms with van der Waals surface area (Å²) >= 11 is 6.11. The summed E-state index contributed by atoms with van der Waals surface area (Å²) < 4.78 is 0. The largest absolute Gasteiger partial charge is 0.250 e. The quantitative estimate of drug-likeness (QED) is 0.662. The van der Waals surface area contributed by atoms with Crippen molar-refractivity contribution in [2.24, 2.45) is 0 Å². The van der Waals surface area contributed by atoms with Crippen molar-refractivity contribution in [2.45, 2.75) is 6.92 Å². The third-order valence-electron chi connectivity index (χ3n) is 2.88. The normalized spacial score (nSPS) is 10.5. The lowest BCUT2D eigenvalue weighted by molar-refractivity contribution is 1.12. The summed E-state index contributed by atoms with van der Waals surface area (Å²) in [5.74, 6) is 0.542. The van der Waals surface area contributed by atoms with Crippen molar-refractivity contribution in [3.8, 4) is 22.8 Å². The van der Waals surface area contributed by atoms with Gasteiger partial charge in [-0.05, 0) is 19.1 Å². The number of rotatable bonds is 2. The summed E-state index contributed by atoms with van der Waals surface area (Å²) in [5.41, 5.74) is 3.45. The highest BCUT2D eigenvalue weighted by molar-refractivity contribution is 6.29. The number of hydrogen-bond donors (Lipinski definition) is 0. The smallest absolute Gasteiger partial charge is 0.180 e. The van der Waals surface area contributed by atoms with E-state index in [0.29, 0.717) is 11.0 Å². The molecule has 0 spiro atoms. The van der Waals surface area contributed by atoms with Gasteiger partial charge in [0.15, 0.2) is 5.82 Å². The van der Waals surface area contributed by atoms with Crippen LogP contribution in [0.2, 0.25) is 5.15 Å². The number of nitrogens with zero attached hydrogens (tertiary/aromatic N) is 3. The van der Waals surface area contributed by atoms with Crippen molar-refractivity contribution in [3.05, 3.63) is 65.4 Å². The minimum Gasteiger partial charge on any atom is -0.250 e. The van der Waals surface area contributed by atoms with E-state index in [0.717, 1.165) is 22.6 Å². The fraction of sp³-hybridized carbons (Fsp3) is 0.0625. The molecule has 2 heterocycles. The molecule has 0 unspecified atom stereocenters. The number of pyridine rings is 1. The van der Waals surface area contributed by atoms with Crippen LogP contribution >= 0.6 is 11.6 Å². The summed E-state index contributed by atoms with van der Waals surface area (Å²) in [6.45, 7) is 1.94. The van der Waals surface area contributed by atoms with Gasteiger partial charge in [0.05, 0.1) is 5.69 Å². The van der Waals surface area contributed by atoms with Crippen LogP contribution in [0.1, 0.15) is 5.69 Å².